The number of piperidine rings is 1. The Kier molecular flexibility index (Phi) is 5.82. The van der Waals surface area contributed by atoms with Gasteiger partial charge in [-0.05, 0) is 29.5 Å². The van der Waals surface area contributed by atoms with Gasteiger partial charge in [-0.15, -0.1) is 0 Å². The first kappa shape index (κ1) is 17.6. The fourth-order valence-corrected chi connectivity index (χ4v) is 3.77. The highest BCUT2D eigenvalue weighted by molar-refractivity contribution is 5.78. The molecule has 1 aliphatic heterocycles. The quantitative estimate of drug-likeness (QED) is 0.841. The molecule has 1 aliphatic rings. The van der Waals surface area contributed by atoms with E-state index in [0.717, 1.165) is 31.6 Å². The van der Waals surface area contributed by atoms with Gasteiger partial charge in [0.25, 0.3) is 0 Å². The number of carbonyl (C=O) groups excluding carboxylic acids is 1. The zero-order chi connectivity index (χ0) is 17.6. The topological polar surface area (TPSA) is 36.4 Å². The number of benzene rings is 1. The first-order chi connectivity index (χ1) is 12.1. The molecule has 0 spiro atoms. The molecule has 1 fully saturated rings. The van der Waals surface area contributed by atoms with Crippen molar-refractivity contribution < 1.29 is 4.79 Å². The Morgan fingerprint density at radius 2 is 1.96 bits per heavy atom. The Morgan fingerprint density at radius 1 is 1.20 bits per heavy atom. The van der Waals surface area contributed by atoms with Crippen LogP contribution in [0.1, 0.15) is 24.5 Å². The zero-order valence-electron chi connectivity index (χ0n) is 15.1. The Morgan fingerprint density at radius 3 is 2.64 bits per heavy atom. The predicted octanol–water partition coefficient (Wildman–Crippen LogP) is 2.99. The monoisotopic (exact) mass is 337 g/mol. The molecule has 3 rings (SSSR count). The first-order valence-corrected chi connectivity index (χ1v) is 9.04. The molecule has 1 saturated heterocycles. The number of rotatable bonds is 5. The van der Waals surface area contributed by atoms with Gasteiger partial charge in [-0.1, -0.05) is 43.3 Å². The highest BCUT2D eigenvalue weighted by Crippen LogP contribution is 2.23. The molecule has 1 aromatic carbocycles. The van der Waals surface area contributed by atoms with E-state index < -0.39 is 0 Å². The second-order valence-electron chi connectivity index (χ2n) is 7.10. The number of aromatic nitrogens is 1. The Labute approximate surface area is 150 Å². The van der Waals surface area contributed by atoms with Crippen molar-refractivity contribution in [3.05, 3.63) is 66.0 Å². The number of amides is 1. The number of pyridine rings is 1. The minimum absolute atomic E-state index is 0.182. The van der Waals surface area contributed by atoms with Crippen LogP contribution in [-0.4, -0.2) is 46.9 Å². The normalized spacial score (nSPS) is 21.0. The lowest BCUT2D eigenvalue weighted by Crippen LogP contribution is -2.50. The maximum Gasteiger partial charge on any atom is 0.227 e. The summed E-state index contributed by atoms with van der Waals surface area (Å²) in [6.07, 6.45) is 4.98. The molecule has 4 heteroatoms. The van der Waals surface area contributed by atoms with E-state index in [1.807, 2.05) is 24.1 Å². The molecule has 0 radical (unpaired) electrons. The largest absolute Gasteiger partial charge is 0.342 e. The number of hydrogen-bond donors (Lipinski definition) is 0. The van der Waals surface area contributed by atoms with Crippen molar-refractivity contribution in [2.24, 2.45) is 5.92 Å². The van der Waals surface area contributed by atoms with Gasteiger partial charge in [0.1, 0.15) is 0 Å². The van der Waals surface area contributed by atoms with E-state index in [-0.39, 0.29) is 5.91 Å². The van der Waals surface area contributed by atoms with Crippen LogP contribution in [0.15, 0.2) is 54.9 Å². The average Bonchev–Trinajstić information content (AvgIpc) is 2.63. The van der Waals surface area contributed by atoms with Gasteiger partial charge in [0.15, 0.2) is 0 Å². The van der Waals surface area contributed by atoms with E-state index in [0.29, 0.717) is 18.4 Å². The maximum atomic E-state index is 12.6. The van der Waals surface area contributed by atoms with Crippen LogP contribution in [0.5, 0.6) is 0 Å². The molecule has 0 N–H and O–H groups in total. The summed E-state index contributed by atoms with van der Waals surface area (Å²) in [7, 11) is 1.95. The van der Waals surface area contributed by atoms with Crippen LogP contribution in [-0.2, 0) is 17.8 Å². The zero-order valence-corrected chi connectivity index (χ0v) is 15.1. The molecule has 0 saturated carbocycles. The first-order valence-electron chi connectivity index (χ1n) is 9.04. The number of likely N-dealkylation sites (N-methyl/N-ethyl adjacent to an activating group) is 1. The van der Waals surface area contributed by atoms with Gasteiger partial charge in [-0.3, -0.25) is 14.7 Å². The molecule has 2 aromatic rings. The van der Waals surface area contributed by atoms with Crippen LogP contribution in [0, 0.1) is 5.92 Å². The van der Waals surface area contributed by atoms with Crippen molar-refractivity contribution in [1.82, 2.24) is 14.8 Å². The van der Waals surface area contributed by atoms with Crippen LogP contribution in [0.2, 0.25) is 0 Å². The van der Waals surface area contributed by atoms with Crippen molar-refractivity contribution >= 4 is 5.91 Å². The number of likely N-dealkylation sites (tertiary alicyclic amines) is 1. The van der Waals surface area contributed by atoms with E-state index in [1.165, 1.54) is 5.56 Å². The summed E-state index contributed by atoms with van der Waals surface area (Å²) in [5.41, 5.74) is 2.34. The molecular weight excluding hydrogens is 310 g/mol. The Hall–Kier alpha value is -2.20. The van der Waals surface area contributed by atoms with Crippen molar-refractivity contribution in [2.75, 3.05) is 20.1 Å². The minimum Gasteiger partial charge on any atom is -0.342 e. The van der Waals surface area contributed by atoms with Crippen molar-refractivity contribution in [3.63, 3.8) is 0 Å². The summed E-state index contributed by atoms with van der Waals surface area (Å²) in [6, 6.07) is 14.8. The Balaban J connectivity index is 1.54. The lowest BCUT2D eigenvalue weighted by atomic mass is 9.92. The third kappa shape index (κ3) is 4.67. The molecule has 25 heavy (non-hydrogen) atoms. The molecule has 4 nitrogen and oxygen atoms in total. The van der Waals surface area contributed by atoms with Crippen LogP contribution < -0.4 is 0 Å². The van der Waals surface area contributed by atoms with Gasteiger partial charge in [-0.2, -0.15) is 0 Å². The van der Waals surface area contributed by atoms with Crippen LogP contribution >= 0.6 is 0 Å². The molecular formula is C21H27N3O. The van der Waals surface area contributed by atoms with E-state index in [9.17, 15) is 4.79 Å². The second kappa shape index (κ2) is 8.26. The SMILES string of the molecule is C[C@@H]1CN(Cc2ccccc2)CC[C@@H]1N(C)C(=O)Cc1cccnc1. The van der Waals surface area contributed by atoms with Gasteiger partial charge in [0.2, 0.25) is 5.91 Å². The summed E-state index contributed by atoms with van der Waals surface area (Å²) >= 11 is 0. The molecule has 0 aliphatic carbocycles. The summed E-state index contributed by atoms with van der Waals surface area (Å²) in [6.45, 7) is 5.32. The molecule has 2 atom stereocenters. The van der Waals surface area contributed by atoms with Crippen molar-refractivity contribution in [1.29, 1.82) is 0 Å². The summed E-state index contributed by atoms with van der Waals surface area (Å²) in [5, 5.41) is 0. The summed E-state index contributed by atoms with van der Waals surface area (Å²) in [4.78, 5) is 21.2. The second-order valence-corrected chi connectivity index (χ2v) is 7.10. The van der Waals surface area contributed by atoms with Crippen molar-refractivity contribution in [2.45, 2.75) is 32.4 Å². The van der Waals surface area contributed by atoms with Gasteiger partial charge in [0, 0.05) is 45.1 Å². The Bertz CT molecular complexity index is 674. The third-order valence-corrected chi connectivity index (χ3v) is 5.16. The lowest BCUT2D eigenvalue weighted by Gasteiger charge is -2.41. The smallest absolute Gasteiger partial charge is 0.227 e. The molecule has 1 aromatic heterocycles. The van der Waals surface area contributed by atoms with Crippen LogP contribution in [0.4, 0.5) is 0 Å². The van der Waals surface area contributed by atoms with Crippen LogP contribution in [0.3, 0.4) is 0 Å². The van der Waals surface area contributed by atoms with Crippen molar-refractivity contribution in [3.8, 4) is 0 Å². The lowest BCUT2D eigenvalue weighted by molar-refractivity contribution is -0.133. The van der Waals surface area contributed by atoms with E-state index in [2.05, 4.69) is 47.1 Å². The third-order valence-electron chi connectivity index (χ3n) is 5.16. The fraction of sp³-hybridized carbons (Fsp3) is 0.429. The predicted molar refractivity (Wildman–Crippen MR) is 100.0 cm³/mol. The standard InChI is InChI=1S/C21H27N3O/c1-17-15-24(16-18-7-4-3-5-8-18)12-10-20(17)23(2)21(25)13-19-9-6-11-22-14-19/h3-9,11,14,17,20H,10,12-13,15-16H2,1-2H3/t17-,20+/m1/s1. The van der Waals surface area contributed by atoms with Gasteiger partial charge >= 0.3 is 0 Å². The van der Waals surface area contributed by atoms with E-state index in [1.54, 1.807) is 12.4 Å². The molecule has 0 bridgehead atoms. The summed E-state index contributed by atoms with van der Waals surface area (Å²) < 4.78 is 0. The molecule has 1 amide bonds. The number of nitrogens with zero attached hydrogens (tertiary/aromatic N) is 3. The van der Waals surface area contributed by atoms with E-state index in [4.69, 9.17) is 0 Å². The molecule has 132 valence electrons. The highest BCUT2D eigenvalue weighted by atomic mass is 16.2. The minimum atomic E-state index is 0.182. The molecule has 0 unspecified atom stereocenters. The highest BCUT2D eigenvalue weighted by Gasteiger charge is 2.31. The van der Waals surface area contributed by atoms with Gasteiger partial charge < -0.3 is 4.90 Å². The van der Waals surface area contributed by atoms with Gasteiger partial charge in [-0.25, -0.2) is 0 Å². The summed E-state index contributed by atoms with van der Waals surface area (Å²) in [5.74, 6) is 0.654. The number of hydrogen-bond acceptors (Lipinski definition) is 3. The van der Waals surface area contributed by atoms with E-state index >= 15 is 0 Å². The fourth-order valence-electron chi connectivity index (χ4n) is 3.77. The van der Waals surface area contributed by atoms with Crippen LogP contribution in [0.25, 0.3) is 0 Å². The average molecular weight is 337 g/mol. The number of carbonyl (C=O) groups is 1. The molecule has 2 heterocycles. The maximum absolute atomic E-state index is 12.6. The van der Waals surface area contributed by atoms with Gasteiger partial charge in [0.05, 0.1) is 6.42 Å².